The molecule has 1 rings (SSSR count). The SMILES string of the molecule is CCC1(C)NC(=O)CN(CCOC)C1=O. The molecule has 0 saturated carbocycles. The summed E-state index contributed by atoms with van der Waals surface area (Å²) >= 11 is 0. The first kappa shape index (κ1) is 12.0. The van der Waals surface area contributed by atoms with Crippen LogP contribution >= 0.6 is 0 Å². The summed E-state index contributed by atoms with van der Waals surface area (Å²) in [4.78, 5) is 24.9. The molecule has 0 aromatic heterocycles. The highest BCUT2D eigenvalue weighted by Gasteiger charge is 2.41. The summed E-state index contributed by atoms with van der Waals surface area (Å²) in [7, 11) is 1.58. The predicted octanol–water partition coefficient (Wildman–Crippen LogP) is -0.240. The van der Waals surface area contributed by atoms with Gasteiger partial charge in [-0.05, 0) is 13.3 Å². The minimum Gasteiger partial charge on any atom is -0.383 e. The Morgan fingerprint density at radius 1 is 1.53 bits per heavy atom. The van der Waals surface area contributed by atoms with Gasteiger partial charge in [-0.1, -0.05) is 6.92 Å². The Morgan fingerprint density at radius 2 is 2.20 bits per heavy atom. The van der Waals surface area contributed by atoms with Gasteiger partial charge in [-0.2, -0.15) is 0 Å². The zero-order valence-electron chi connectivity index (χ0n) is 9.50. The van der Waals surface area contributed by atoms with Crippen molar-refractivity contribution in [2.24, 2.45) is 0 Å². The number of carbonyl (C=O) groups is 2. The van der Waals surface area contributed by atoms with Crippen LogP contribution in [0.2, 0.25) is 0 Å². The molecule has 0 aromatic rings. The van der Waals surface area contributed by atoms with Crippen LogP contribution in [-0.4, -0.2) is 49.1 Å². The third kappa shape index (κ3) is 2.47. The summed E-state index contributed by atoms with van der Waals surface area (Å²) in [5.74, 6) is -0.128. The van der Waals surface area contributed by atoms with E-state index in [1.165, 1.54) is 0 Å². The summed E-state index contributed by atoms with van der Waals surface area (Å²) < 4.78 is 4.90. The van der Waals surface area contributed by atoms with Crippen LogP contribution in [0.1, 0.15) is 20.3 Å². The Kier molecular flexibility index (Phi) is 3.68. The largest absolute Gasteiger partial charge is 0.383 e. The predicted molar refractivity (Wildman–Crippen MR) is 55.3 cm³/mol. The number of piperazine rings is 1. The standard InChI is InChI=1S/C10H18N2O3/c1-4-10(2)9(14)12(5-6-15-3)7-8(13)11-10/h4-7H2,1-3H3,(H,11,13). The summed E-state index contributed by atoms with van der Waals surface area (Å²) in [6.07, 6.45) is 0.598. The van der Waals surface area contributed by atoms with Crippen LogP contribution in [0.3, 0.4) is 0 Å². The second kappa shape index (κ2) is 4.61. The summed E-state index contributed by atoms with van der Waals surface area (Å²) in [6, 6.07) is 0. The van der Waals surface area contributed by atoms with Gasteiger partial charge < -0.3 is 15.0 Å². The smallest absolute Gasteiger partial charge is 0.248 e. The molecule has 1 fully saturated rings. The summed E-state index contributed by atoms with van der Waals surface area (Å²) in [5, 5.41) is 2.73. The maximum absolute atomic E-state index is 12.0. The number of nitrogens with one attached hydrogen (secondary N) is 1. The summed E-state index contributed by atoms with van der Waals surface area (Å²) in [6.45, 7) is 4.71. The van der Waals surface area contributed by atoms with E-state index in [0.29, 0.717) is 19.6 Å². The van der Waals surface area contributed by atoms with Crippen molar-refractivity contribution in [3.63, 3.8) is 0 Å². The molecular weight excluding hydrogens is 196 g/mol. The lowest BCUT2D eigenvalue weighted by molar-refractivity contribution is -0.149. The first-order chi connectivity index (χ1) is 7.03. The van der Waals surface area contributed by atoms with Crippen molar-refractivity contribution >= 4 is 11.8 Å². The number of amides is 2. The average molecular weight is 214 g/mol. The molecule has 5 nitrogen and oxygen atoms in total. The minimum atomic E-state index is -0.747. The van der Waals surface area contributed by atoms with Crippen LogP contribution in [0.25, 0.3) is 0 Å². The Bertz CT molecular complexity index is 267. The van der Waals surface area contributed by atoms with Gasteiger partial charge >= 0.3 is 0 Å². The Labute approximate surface area is 89.8 Å². The molecule has 0 radical (unpaired) electrons. The molecule has 1 atom stereocenters. The maximum atomic E-state index is 12.0. The third-order valence-corrected chi connectivity index (χ3v) is 2.78. The first-order valence-corrected chi connectivity index (χ1v) is 5.13. The topological polar surface area (TPSA) is 58.6 Å². The van der Waals surface area contributed by atoms with Crippen molar-refractivity contribution in [2.75, 3.05) is 26.8 Å². The first-order valence-electron chi connectivity index (χ1n) is 5.13. The van der Waals surface area contributed by atoms with Gasteiger partial charge in [0.2, 0.25) is 11.8 Å². The van der Waals surface area contributed by atoms with Gasteiger partial charge in [-0.25, -0.2) is 0 Å². The highest BCUT2D eigenvalue weighted by molar-refractivity contribution is 5.97. The molecule has 5 heteroatoms. The van der Waals surface area contributed by atoms with E-state index < -0.39 is 5.54 Å². The van der Waals surface area contributed by atoms with Gasteiger partial charge in [-0.15, -0.1) is 0 Å². The zero-order valence-corrected chi connectivity index (χ0v) is 9.50. The van der Waals surface area contributed by atoms with Crippen LogP contribution in [0.5, 0.6) is 0 Å². The second-order valence-electron chi connectivity index (χ2n) is 3.95. The monoisotopic (exact) mass is 214 g/mol. The molecule has 1 aliphatic heterocycles. The van der Waals surface area contributed by atoms with Crippen molar-refractivity contribution in [3.05, 3.63) is 0 Å². The molecule has 1 N–H and O–H groups in total. The highest BCUT2D eigenvalue weighted by atomic mass is 16.5. The number of hydrogen-bond donors (Lipinski definition) is 1. The molecule has 1 unspecified atom stereocenters. The van der Waals surface area contributed by atoms with E-state index in [2.05, 4.69) is 5.32 Å². The number of rotatable bonds is 4. The fourth-order valence-corrected chi connectivity index (χ4v) is 1.62. The van der Waals surface area contributed by atoms with Gasteiger partial charge in [-0.3, -0.25) is 9.59 Å². The van der Waals surface area contributed by atoms with Crippen molar-refractivity contribution in [2.45, 2.75) is 25.8 Å². The lowest BCUT2D eigenvalue weighted by Gasteiger charge is -2.39. The van der Waals surface area contributed by atoms with E-state index in [1.807, 2.05) is 6.92 Å². The quantitative estimate of drug-likeness (QED) is 0.702. The zero-order chi connectivity index (χ0) is 11.5. The molecule has 0 spiro atoms. The van der Waals surface area contributed by atoms with E-state index in [1.54, 1.807) is 18.9 Å². The Hall–Kier alpha value is -1.10. The van der Waals surface area contributed by atoms with Crippen LogP contribution in [0, 0.1) is 0 Å². The maximum Gasteiger partial charge on any atom is 0.248 e. The van der Waals surface area contributed by atoms with Crippen molar-refractivity contribution in [3.8, 4) is 0 Å². The molecule has 1 saturated heterocycles. The fraction of sp³-hybridized carbons (Fsp3) is 0.800. The highest BCUT2D eigenvalue weighted by Crippen LogP contribution is 2.17. The fourth-order valence-electron chi connectivity index (χ4n) is 1.62. The van der Waals surface area contributed by atoms with Crippen molar-refractivity contribution < 1.29 is 14.3 Å². The number of ether oxygens (including phenoxy) is 1. The van der Waals surface area contributed by atoms with Gasteiger partial charge in [0, 0.05) is 13.7 Å². The van der Waals surface area contributed by atoms with E-state index >= 15 is 0 Å². The molecular formula is C10H18N2O3. The van der Waals surface area contributed by atoms with Gasteiger partial charge in [0.15, 0.2) is 0 Å². The third-order valence-electron chi connectivity index (χ3n) is 2.78. The van der Waals surface area contributed by atoms with Crippen LogP contribution in [0.4, 0.5) is 0 Å². The molecule has 0 bridgehead atoms. The molecule has 86 valence electrons. The lowest BCUT2D eigenvalue weighted by Crippen LogP contribution is -2.65. The number of methoxy groups -OCH3 is 1. The average Bonchev–Trinajstić information content (AvgIpc) is 2.21. The van der Waals surface area contributed by atoms with E-state index in [-0.39, 0.29) is 18.4 Å². The summed E-state index contributed by atoms with van der Waals surface area (Å²) in [5.41, 5.74) is -0.747. The molecule has 0 aromatic carbocycles. The molecule has 2 amide bonds. The van der Waals surface area contributed by atoms with Crippen molar-refractivity contribution in [1.82, 2.24) is 10.2 Å². The lowest BCUT2D eigenvalue weighted by atomic mass is 9.94. The number of carbonyl (C=O) groups excluding carboxylic acids is 2. The van der Waals surface area contributed by atoms with E-state index in [4.69, 9.17) is 4.74 Å². The normalized spacial score (nSPS) is 26.7. The van der Waals surface area contributed by atoms with Gasteiger partial charge in [0.25, 0.3) is 0 Å². The van der Waals surface area contributed by atoms with Gasteiger partial charge in [0.05, 0.1) is 13.2 Å². The van der Waals surface area contributed by atoms with Crippen LogP contribution in [0.15, 0.2) is 0 Å². The Balaban J connectivity index is 2.72. The van der Waals surface area contributed by atoms with Crippen LogP contribution < -0.4 is 5.32 Å². The second-order valence-corrected chi connectivity index (χ2v) is 3.95. The molecule has 0 aliphatic carbocycles. The number of nitrogens with zero attached hydrogens (tertiary/aromatic N) is 1. The molecule has 1 heterocycles. The van der Waals surface area contributed by atoms with Gasteiger partial charge in [0.1, 0.15) is 5.54 Å². The molecule has 15 heavy (non-hydrogen) atoms. The number of hydrogen-bond acceptors (Lipinski definition) is 3. The van der Waals surface area contributed by atoms with Crippen molar-refractivity contribution in [1.29, 1.82) is 0 Å². The Morgan fingerprint density at radius 3 is 2.73 bits per heavy atom. The van der Waals surface area contributed by atoms with E-state index in [0.717, 1.165) is 0 Å². The van der Waals surface area contributed by atoms with E-state index in [9.17, 15) is 9.59 Å². The van der Waals surface area contributed by atoms with Crippen LogP contribution in [-0.2, 0) is 14.3 Å². The molecule has 1 aliphatic rings. The minimum absolute atomic E-state index is 0.0262.